The summed E-state index contributed by atoms with van der Waals surface area (Å²) in [6.45, 7) is 2.34. The fourth-order valence-corrected chi connectivity index (χ4v) is 3.36. The zero-order valence-electron chi connectivity index (χ0n) is 14.0. The first kappa shape index (κ1) is 18.5. The monoisotopic (exact) mass is 365 g/mol. The third-order valence-corrected chi connectivity index (χ3v) is 4.93. The van der Waals surface area contributed by atoms with Crippen molar-refractivity contribution in [3.63, 3.8) is 0 Å². The van der Waals surface area contributed by atoms with Crippen LogP contribution in [-0.4, -0.2) is 30.7 Å². The van der Waals surface area contributed by atoms with Crippen molar-refractivity contribution in [3.05, 3.63) is 50.7 Å². The molecule has 1 amide bonds. The van der Waals surface area contributed by atoms with E-state index < -0.39 is 0 Å². The molecule has 2 rings (SSSR count). The lowest BCUT2D eigenvalue weighted by molar-refractivity contribution is -0.130. The largest absolute Gasteiger partial charge is 0.496 e. The molecule has 4 nitrogen and oxygen atoms in total. The second-order valence-electron chi connectivity index (χ2n) is 5.54. The van der Waals surface area contributed by atoms with E-state index in [2.05, 4.69) is 0 Å². The molecule has 24 heavy (non-hydrogen) atoms. The van der Waals surface area contributed by atoms with E-state index in [0.717, 1.165) is 10.4 Å². The number of thiophene rings is 1. The molecule has 0 saturated heterocycles. The Kier molecular flexibility index (Phi) is 6.40. The van der Waals surface area contributed by atoms with Crippen LogP contribution in [-0.2, 0) is 11.3 Å². The Bertz CT molecular complexity index is 742. The molecular weight excluding hydrogens is 346 g/mol. The molecule has 1 heterocycles. The van der Waals surface area contributed by atoms with E-state index in [9.17, 15) is 9.59 Å². The van der Waals surface area contributed by atoms with Crippen LogP contribution in [0, 0.1) is 6.92 Å². The van der Waals surface area contributed by atoms with Crippen molar-refractivity contribution in [3.8, 4) is 5.75 Å². The molecule has 0 aliphatic rings. The number of nitrogens with zero attached hydrogens (tertiary/aromatic N) is 1. The summed E-state index contributed by atoms with van der Waals surface area (Å²) in [6, 6.07) is 9.03. The molecule has 6 heteroatoms. The first-order chi connectivity index (χ1) is 11.4. The average Bonchev–Trinajstić information content (AvgIpc) is 2.99. The molecule has 0 unspecified atom stereocenters. The van der Waals surface area contributed by atoms with Crippen LogP contribution >= 0.6 is 22.9 Å². The van der Waals surface area contributed by atoms with Crippen LogP contribution in [0.1, 0.15) is 33.0 Å². The molecule has 0 fully saturated rings. The Hall–Kier alpha value is -1.85. The fraction of sp³-hybridized carbons (Fsp3) is 0.333. The molecule has 128 valence electrons. The van der Waals surface area contributed by atoms with Gasteiger partial charge in [0.1, 0.15) is 5.75 Å². The standard InChI is InChI=1S/C18H20ClNO3S/c1-12-4-8-17(24-12)15(21)6-9-18(22)20(2)11-13-10-14(19)5-7-16(13)23-3/h4-5,7-8,10H,6,9,11H2,1-3H3. The number of rotatable bonds is 7. The van der Waals surface area contributed by atoms with Gasteiger partial charge in [-0.25, -0.2) is 0 Å². The summed E-state index contributed by atoms with van der Waals surface area (Å²) in [5.41, 5.74) is 0.834. The van der Waals surface area contributed by atoms with Crippen molar-refractivity contribution < 1.29 is 14.3 Å². The lowest BCUT2D eigenvalue weighted by Crippen LogP contribution is -2.26. The van der Waals surface area contributed by atoms with Crippen molar-refractivity contribution in [2.75, 3.05) is 14.2 Å². The van der Waals surface area contributed by atoms with Crippen LogP contribution in [0.3, 0.4) is 0 Å². The van der Waals surface area contributed by atoms with E-state index in [0.29, 0.717) is 22.2 Å². The molecule has 0 aliphatic heterocycles. The number of hydrogen-bond acceptors (Lipinski definition) is 4. The predicted octanol–water partition coefficient (Wildman–Crippen LogP) is 4.34. The van der Waals surface area contributed by atoms with Crippen molar-refractivity contribution >= 4 is 34.6 Å². The Balaban J connectivity index is 1.93. The topological polar surface area (TPSA) is 46.6 Å². The summed E-state index contributed by atoms with van der Waals surface area (Å²) in [5.74, 6) is 0.609. The van der Waals surface area contributed by atoms with Crippen LogP contribution in [0.4, 0.5) is 0 Å². The van der Waals surface area contributed by atoms with E-state index in [4.69, 9.17) is 16.3 Å². The van der Waals surface area contributed by atoms with Gasteiger partial charge in [0.15, 0.2) is 5.78 Å². The maximum atomic E-state index is 12.3. The van der Waals surface area contributed by atoms with E-state index in [1.54, 1.807) is 37.3 Å². The zero-order valence-corrected chi connectivity index (χ0v) is 15.5. The number of hydrogen-bond donors (Lipinski definition) is 0. The number of ketones is 1. The Labute approximate surface area is 151 Å². The average molecular weight is 366 g/mol. The molecule has 1 aromatic carbocycles. The van der Waals surface area contributed by atoms with Crippen LogP contribution in [0.2, 0.25) is 5.02 Å². The van der Waals surface area contributed by atoms with Gasteiger partial charge in [0.2, 0.25) is 5.91 Å². The quantitative estimate of drug-likeness (QED) is 0.685. The van der Waals surface area contributed by atoms with Gasteiger partial charge in [-0.05, 0) is 37.3 Å². The number of benzene rings is 1. The summed E-state index contributed by atoms with van der Waals surface area (Å²) in [7, 11) is 3.29. The van der Waals surface area contributed by atoms with Crippen molar-refractivity contribution in [2.24, 2.45) is 0 Å². The lowest BCUT2D eigenvalue weighted by atomic mass is 10.1. The van der Waals surface area contributed by atoms with Gasteiger partial charge < -0.3 is 9.64 Å². The first-order valence-corrected chi connectivity index (χ1v) is 8.76. The second kappa shape index (κ2) is 8.31. The number of ether oxygens (including phenoxy) is 1. The van der Waals surface area contributed by atoms with Crippen molar-refractivity contribution in [2.45, 2.75) is 26.3 Å². The van der Waals surface area contributed by atoms with Gasteiger partial charge in [-0.3, -0.25) is 9.59 Å². The number of Topliss-reactive ketones (excluding diaryl/α,β-unsaturated/α-hetero) is 1. The first-order valence-electron chi connectivity index (χ1n) is 7.56. The van der Waals surface area contributed by atoms with E-state index in [1.807, 2.05) is 19.1 Å². The molecular formula is C18H20ClNO3S. The van der Waals surface area contributed by atoms with E-state index >= 15 is 0 Å². The molecule has 2 aromatic rings. The zero-order chi connectivity index (χ0) is 17.7. The molecule has 0 saturated carbocycles. The second-order valence-corrected chi connectivity index (χ2v) is 7.26. The SMILES string of the molecule is COc1ccc(Cl)cc1CN(C)C(=O)CCC(=O)c1ccc(C)s1. The summed E-state index contributed by atoms with van der Waals surface area (Å²) in [4.78, 5) is 27.8. The molecule has 0 atom stereocenters. The van der Waals surface area contributed by atoms with Gasteiger partial charge in [-0.1, -0.05) is 11.6 Å². The highest BCUT2D eigenvalue weighted by molar-refractivity contribution is 7.14. The third-order valence-electron chi connectivity index (χ3n) is 3.66. The highest BCUT2D eigenvalue weighted by Crippen LogP contribution is 2.24. The van der Waals surface area contributed by atoms with Crippen molar-refractivity contribution in [1.82, 2.24) is 4.90 Å². The smallest absolute Gasteiger partial charge is 0.223 e. The molecule has 0 radical (unpaired) electrons. The number of aryl methyl sites for hydroxylation is 1. The summed E-state index contributed by atoms with van der Waals surface area (Å²) in [6.07, 6.45) is 0.408. The summed E-state index contributed by atoms with van der Waals surface area (Å²) >= 11 is 7.47. The van der Waals surface area contributed by atoms with Gasteiger partial charge >= 0.3 is 0 Å². The molecule has 0 N–H and O–H groups in total. The molecule has 0 aliphatic carbocycles. The predicted molar refractivity (Wildman–Crippen MR) is 97.1 cm³/mol. The maximum absolute atomic E-state index is 12.3. The van der Waals surface area contributed by atoms with Crippen molar-refractivity contribution in [1.29, 1.82) is 0 Å². The molecule has 0 bridgehead atoms. The maximum Gasteiger partial charge on any atom is 0.223 e. The van der Waals surface area contributed by atoms with Gasteiger partial charge in [0, 0.05) is 41.9 Å². The van der Waals surface area contributed by atoms with Gasteiger partial charge in [0.25, 0.3) is 0 Å². The highest BCUT2D eigenvalue weighted by Gasteiger charge is 2.15. The minimum absolute atomic E-state index is 0.00943. The van der Waals surface area contributed by atoms with E-state index in [1.165, 1.54) is 11.3 Å². The number of carbonyl (C=O) groups is 2. The Morgan fingerprint density at radius 3 is 2.58 bits per heavy atom. The van der Waals surface area contributed by atoms with Crippen LogP contribution in [0.15, 0.2) is 30.3 Å². The minimum Gasteiger partial charge on any atom is -0.496 e. The van der Waals surface area contributed by atoms with Crippen LogP contribution < -0.4 is 4.74 Å². The van der Waals surface area contributed by atoms with Gasteiger partial charge in [0.05, 0.1) is 12.0 Å². The van der Waals surface area contributed by atoms with E-state index in [-0.39, 0.29) is 24.5 Å². The van der Waals surface area contributed by atoms with Gasteiger partial charge in [-0.2, -0.15) is 0 Å². The van der Waals surface area contributed by atoms with Gasteiger partial charge in [-0.15, -0.1) is 11.3 Å². The Morgan fingerprint density at radius 2 is 1.96 bits per heavy atom. The van der Waals surface area contributed by atoms with Crippen LogP contribution in [0.25, 0.3) is 0 Å². The summed E-state index contributed by atoms with van der Waals surface area (Å²) < 4.78 is 5.29. The Morgan fingerprint density at radius 1 is 1.21 bits per heavy atom. The normalized spacial score (nSPS) is 10.5. The molecule has 0 spiro atoms. The number of amides is 1. The minimum atomic E-state index is -0.0846. The van der Waals surface area contributed by atoms with Crippen LogP contribution in [0.5, 0.6) is 5.75 Å². The number of methoxy groups -OCH3 is 1. The molecule has 1 aromatic heterocycles. The number of halogens is 1. The summed E-state index contributed by atoms with van der Waals surface area (Å²) in [5, 5.41) is 0.592. The fourth-order valence-electron chi connectivity index (χ4n) is 2.33. The number of carbonyl (C=O) groups excluding carboxylic acids is 2. The highest BCUT2D eigenvalue weighted by atomic mass is 35.5. The lowest BCUT2D eigenvalue weighted by Gasteiger charge is -2.19. The third kappa shape index (κ3) is 4.82.